The first-order chi connectivity index (χ1) is 13.8. The summed E-state index contributed by atoms with van der Waals surface area (Å²) >= 11 is 0. The van der Waals surface area contributed by atoms with Gasteiger partial charge < -0.3 is 40.1 Å². The maximum Gasteiger partial charge on any atom is 0.187 e. The zero-order valence-corrected chi connectivity index (χ0v) is 17.9. The fraction of sp³-hybridized carbons (Fsp3) is 0.857. The molecule has 1 saturated heterocycles. The smallest absolute Gasteiger partial charge is 0.187 e. The van der Waals surface area contributed by atoms with E-state index in [9.17, 15) is 35.4 Å². The molecule has 0 spiro atoms. The summed E-state index contributed by atoms with van der Waals surface area (Å²) in [5, 5.41) is 61.8. The Balaban J connectivity index is 1.87. The van der Waals surface area contributed by atoms with Gasteiger partial charge in [0, 0.05) is 12.3 Å². The van der Waals surface area contributed by atoms with Crippen molar-refractivity contribution in [1.29, 1.82) is 0 Å². The van der Waals surface area contributed by atoms with E-state index >= 15 is 0 Å². The summed E-state index contributed by atoms with van der Waals surface area (Å²) in [6, 6.07) is 0. The molecule has 0 aromatic heterocycles. The van der Waals surface area contributed by atoms with Gasteiger partial charge in [-0.05, 0) is 50.7 Å². The monoisotopic (exact) mass is 430 g/mol. The van der Waals surface area contributed by atoms with Gasteiger partial charge in [0.15, 0.2) is 12.1 Å². The first-order valence-electron chi connectivity index (χ1n) is 10.5. The van der Waals surface area contributed by atoms with E-state index in [0.29, 0.717) is 11.1 Å². The molecule has 9 atom stereocenters. The molecular formula is C21H34O9. The lowest BCUT2D eigenvalue weighted by atomic mass is 9.80. The number of fused-ring (bicyclic) bond motifs is 1. The molecule has 2 fully saturated rings. The van der Waals surface area contributed by atoms with Crippen molar-refractivity contribution in [2.24, 2.45) is 11.8 Å². The summed E-state index contributed by atoms with van der Waals surface area (Å²) in [5.74, 6) is -0.990. The molecule has 1 aliphatic heterocycles. The quantitative estimate of drug-likeness (QED) is 0.329. The Hall–Kier alpha value is -0.910. The second-order valence-corrected chi connectivity index (χ2v) is 9.56. The van der Waals surface area contributed by atoms with Gasteiger partial charge in [0.1, 0.15) is 24.4 Å². The van der Waals surface area contributed by atoms with Crippen LogP contribution in [0.3, 0.4) is 0 Å². The Morgan fingerprint density at radius 3 is 2.40 bits per heavy atom. The van der Waals surface area contributed by atoms with E-state index in [1.165, 1.54) is 0 Å². The third kappa shape index (κ3) is 3.86. The Morgan fingerprint density at radius 2 is 1.80 bits per heavy atom. The van der Waals surface area contributed by atoms with Crippen molar-refractivity contribution in [3.8, 4) is 0 Å². The summed E-state index contributed by atoms with van der Waals surface area (Å²) in [4.78, 5) is 12.3. The van der Waals surface area contributed by atoms with E-state index < -0.39 is 60.5 Å². The van der Waals surface area contributed by atoms with Crippen molar-refractivity contribution < 1.29 is 44.9 Å². The number of allylic oxidation sites excluding steroid dienone is 1. The topological polar surface area (TPSA) is 157 Å². The Bertz CT molecular complexity index is 703. The van der Waals surface area contributed by atoms with Crippen LogP contribution in [0, 0.1) is 11.8 Å². The molecule has 0 aromatic carbocycles. The minimum absolute atomic E-state index is 0.00275. The largest absolute Gasteiger partial charge is 0.394 e. The van der Waals surface area contributed by atoms with Crippen molar-refractivity contribution in [3.05, 3.63) is 11.1 Å². The maximum atomic E-state index is 12.3. The highest BCUT2D eigenvalue weighted by Crippen LogP contribution is 2.49. The van der Waals surface area contributed by atoms with E-state index in [1.54, 1.807) is 20.8 Å². The molecule has 30 heavy (non-hydrogen) atoms. The minimum Gasteiger partial charge on any atom is -0.394 e. The molecule has 9 heteroatoms. The zero-order valence-electron chi connectivity index (χ0n) is 17.9. The van der Waals surface area contributed by atoms with Gasteiger partial charge in [0.2, 0.25) is 0 Å². The van der Waals surface area contributed by atoms with Crippen molar-refractivity contribution in [2.75, 3.05) is 6.61 Å². The molecule has 172 valence electrons. The Labute approximate surface area is 175 Å². The highest BCUT2D eigenvalue weighted by molar-refractivity contribution is 6.00. The molecule has 6 N–H and O–H groups in total. The molecule has 1 heterocycles. The van der Waals surface area contributed by atoms with E-state index in [-0.39, 0.29) is 31.0 Å². The third-order valence-corrected chi connectivity index (χ3v) is 7.28. The zero-order chi connectivity index (χ0) is 22.6. The number of aliphatic hydroxyl groups is 6. The number of rotatable bonds is 4. The number of hydrogen-bond acceptors (Lipinski definition) is 9. The van der Waals surface area contributed by atoms with Crippen molar-refractivity contribution >= 4 is 5.78 Å². The molecule has 3 rings (SSSR count). The Kier molecular flexibility index (Phi) is 6.50. The summed E-state index contributed by atoms with van der Waals surface area (Å²) in [7, 11) is 0. The molecule has 3 aliphatic rings. The fourth-order valence-electron chi connectivity index (χ4n) is 5.12. The van der Waals surface area contributed by atoms with Gasteiger partial charge in [-0.25, -0.2) is 0 Å². The van der Waals surface area contributed by atoms with Crippen molar-refractivity contribution in [2.45, 2.75) is 95.0 Å². The van der Waals surface area contributed by atoms with E-state index in [2.05, 4.69) is 0 Å². The van der Waals surface area contributed by atoms with Gasteiger partial charge in [-0.2, -0.15) is 0 Å². The number of ketones is 1. The average Bonchev–Trinajstić information content (AvgIpc) is 2.83. The average molecular weight is 430 g/mol. The van der Waals surface area contributed by atoms with Gasteiger partial charge in [-0.3, -0.25) is 4.79 Å². The summed E-state index contributed by atoms with van der Waals surface area (Å²) < 4.78 is 11.4. The van der Waals surface area contributed by atoms with E-state index in [0.717, 1.165) is 0 Å². The summed E-state index contributed by atoms with van der Waals surface area (Å²) in [6.45, 7) is 6.32. The molecule has 0 unspecified atom stereocenters. The van der Waals surface area contributed by atoms with Crippen LogP contribution < -0.4 is 0 Å². The van der Waals surface area contributed by atoms with Crippen molar-refractivity contribution in [1.82, 2.24) is 0 Å². The number of Topliss-reactive ketones (excluding diaryl/α,β-unsaturated/α-hetero) is 1. The van der Waals surface area contributed by atoms with Crippen LogP contribution in [0.2, 0.25) is 0 Å². The van der Waals surface area contributed by atoms with Crippen LogP contribution in [0.1, 0.15) is 47.0 Å². The first kappa shape index (κ1) is 23.7. The number of hydrogen-bond donors (Lipinski definition) is 6. The number of carbonyl (C=O) groups excluding carboxylic acids is 1. The predicted octanol–water partition coefficient (Wildman–Crippen LogP) is -0.991. The van der Waals surface area contributed by atoms with Crippen LogP contribution in [-0.4, -0.2) is 91.0 Å². The molecule has 2 aliphatic carbocycles. The van der Waals surface area contributed by atoms with Crippen LogP contribution in [0.25, 0.3) is 0 Å². The summed E-state index contributed by atoms with van der Waals surface area (Å²) in [5.41, 5.74) is -1.29. The second kappa shape index (κ2) is 8.22. The minimum atomic E-state index is -1.57. The SMILES string of the molecule is CC1=C2C[C@H](C(C)(C)O[C@@H]3O[C@H](CO)[C@@H](O)[C@H](O)[C@H]3O)[C@H](O)C[C@H](C)[C@@]2(O)CC1=O. The van der Waals surface area contributed by atoms with E-state index in [1.807, 2.05) is 6.92 Å². The molecule has 0 amide bonds. The van der Waals surface area contributed by atoms with Crippen LogP contribution in [0.5, 0.6) is 0 Å². The van der Waals surface area contributed by atoms with Crippen molar-refractivity contribution in [3.63, 3.8) is 0 Å². The van der Waals surface area contributed by atoms with Crippen LogP contribution in [0.15, 0.2) is 11.1 Å². The lowest BCUT2D eigenvalue weighted by Crippen LogP contribution is -2.61. The predicted molar refractivity (Wildman–Crippen MR) is 104 cm³/mol. The molecular weight excluding hydrogens is 396 g/mol. The van der Waals surface area contributed by atoms with Crippen LogP contribution in [0.4, 0.5) is 0 Å². The van der Waals surface area contributed by atoms with Gasteiger partial charge in [-0.1, -0.05) is 6.92 Å². The molecule has 1 saturated carbocycles. The molecule has 0 bridgehead atoms. The summed E-state index contributed by atoms with van der Waals surface area (Å²) in [6.07, 6.45) is -7.45. The lowest BCUT2D eigenvalue weighted by Gasteiger charge is -2.45. The maximum absolute atomic E-state index is 12.3. The highest BCUT2D eigenvalue weighted by atomic mass is 16.7. The lowest BCUT2D eigenvalue weighted by molar-refractivity contribution is -0.330. The number of aliphatic hydroxyl groups excluding tert-OH is 5. The third-order valence-electron chi connectivity index (χ3n) is 7.28. The molecule has 0 radical (unpaired) electrons. The molecule has 0 aromatic rings. The van der Waals surface area contributed by atoms with Crippen LogP contribution in [-0.2, 0) is 14.3 Å². The second-order valence-electron chi connectivity index (χ2n) is 9.56. The van der Waals surface area contributed by atoms with Gasteiger partial charge >= 0.3 is 0 Å². The highest BCUT2D eigenvalue weighted by Gasteiger charge is 2.54. The Morgan fingerprint density at radius 1 is 1.17 bits per heavy atom. The fourth-order valence-corrected chi connectivity index (χ4v) is 5.12. The number of carbonyl (C=O) groups is 1. The standard InChI is InChI=1S/C21H34O9/c1-9-5-13(23)12(6-11-10(2)14(24)7-21(9,11)28)20(3,4)30-19-18(27)17(26)16(25)15(8-22)29-19/h9,12-13,15-19,22-23,25-28H,5-8H2,1-4H3/t9-,12-,13+,15+,16+,17-,18+,19-,21-/m0/s1. The van der Waals surface area contributed by atoms with Crippen LogP contribution >= 0.6 is 0 Å². The molecule has 9 nitrogen and oxygen atoms in total. The number of ether oxygens (including phenoxy) is 2. The first-order valence-corrected chi connectivity index (χ1v) is 10.5. The van der Waals surface area contributed by atoms with Gasteiger partial charge in [0.25, 0.3) is 0 Å². The van der Waals surface area contributed by atoms with Gasteiger partial charge in [0.05, 0.1) is 23.9 Å². The van der Waals surface area contributed by atoms with Gasteiger partial charge in [-0.15, -0.1) is 0 Å². The van der Waals surface area contributed by atoms with E-state index in [4.69, 9.17) is 9.47 Å². The normalized spacial score (nSPS) is 45.5.